The molecule has 3 aromatic rings. The molecule has 0 saturated carbocycles. The molecule has 118 valence electrons. The molecule has 4 nitrogen and oxygen atoms in total. The zero-order valence-electron chi connectivity index (χ0n) is 11.7. The Balaban J connectivity index is 0.000000203. The van der Waals surface area contributed by atoms with Crippen LogP contribution in [0.4, 0.5) is 0 Å². The molecule has 0 atom stereocenters. The number of halogens is 3. The summed E-state index contributed by atoms with van der Waals surface area (Å²) in [6.45, 7) is 0. The van der Waals surface area contributed by atoms with E-state index in [0.717, 1.165) is 10.8 Å². The highest BCUT2D eigenvalue weighted by molar-refractivity contribution is 7.98. The van der Waals surface area contributed by atoms with Crippen LogP contribution in [0.25, 0.3) is 0 Å². The van der Waals surface area contributed by atoms with Crippen molar-refractivity contribution in [2.45, 2.75) is 10.8 Å². The maximum absolute atomic E-state index is 5.74. The fourth-order valence-corrected chi connectivity index (χ4v) is 2.79. The average Bonchev–Trinajstić information content (AvgIpc) is 2.54. The Bertz CT molecular complexity index is 726. The van der Waals surface area contributed by atoms with Crippen LogP contribution < -0.4 is 0 Å². The first kappa shape index (κ1) is 17.9. The van der Waals surface area contributed by atoms with Gasteiger partial charge in [0.25, 0.3) is 0 Å². The van der Waals surface area contributed by atoms with Gasteiger partial charge in [0.05, 0.1) is 24.8 Å². The lowest BCUT2D eigenvalue weighted by atomic mass is 10.2. The molecule has 0 spiro atoms. The Morgan fingerprint density at radius 1 is 0.739 bits per heavy atom. The number of rotatable bonds is 3. The van der Waals surface area contributed by atoms with Crippen LogP contribution in [0.1, 0.15) is 5.56 Å². The van der Waals surface area contributed by atoms with E-state index in [2.05, 4.69) is 32.1 Å². The second kappa shape index (κ2) is 9.67. The molecule has 0 bridgehead atoms. The first-order valence-electron chi connectivity index (χ1n) is 6.41. The van der Waals surface area contributed by atoms with Gasteiger partial charge in [-0.2, -0.15) is 0 Å². The third-order valence-electron chi connectivity index (χ3n) is 2.39. The second-order valence-electron chi connectivity index (χ2n) is 4.12. The van der Waals surface area contributed by atoms with Crippen molar-refractivity contribution in [3.05, 3.63) is 76.1 Å². The summed E-state index contributed by atoms with van der Waals surface area (Å²) in [6.07, 6.45) is 6.11. The normalized spacial score (nSPS) is 9.87. The highest BCUT2D eigenvalue weighted by Crippen LogP contribution is 2.20. The lowest BCUT2D eigenvalue weighted by Gasteiger charge is -2.00. The molecule has 0 aliphatic heterocycles. The van der Waals surface area contributed by atoms with Crippen LogP contribution in [0.15, 0.2) is 60.1 Å². The molecule has 0 radical (unpaired) electrons. The molecular weight excluding hydrogens is 375 g/mol. The van der Waals surface area contributed by atoms with Gasteiger partial charge >= 0.3 is 0 Å². The first-order valence-corrected chi connectivity index (χ1v) is 8.53. The largest absolute Gasteiger partial charge is 0.259 e. The molecular formula is C15H11Cl3N4S. The van der Waals surface area contributed by atoms with Crippen LogP contribution in [0.5, 0.6) is 0 Å². The van der Waals surface area contributed by atoms with E-state index in [1.54, 1.807) is 18.0 Å². The zero-order chi connectivity index (χ0) is 16.5. The van der Waals surface area contributed by atoms with Crippen molar-refractivity contribution >= 4 is 46.6 Å². The highest BCUT2D eigenvalue weighted by atomic mass is 35.5. The van der Waals surface area contributed by atoms with Gasteiger partial charge in [0.1, 0.15) is 20.5 Å². The smallest absolute Gasteiger partial charge is 0.149 e. The number of hydrogen-bond donors (Lipinski definition) is 0. The predicted octanol–water partition coefficient (Wildman–Crippen LogP) is 5.21. The molecule has 0 N–H and O–H groups in total. The van der Waals surface area contributed by atoms with E-state index >= 15 is 0 Å². The van der Waals surface area contributed by atoms with Gasteiger partial charge in [-0.1, -0.05) is 65.1 Å². The number of benzene rings is 1. The van der Waals surface area contributed by atoms with Crippen molar-refractivity contribution < 1.29 is 0 Å². The van der Waals surface area contributed by atoms with Gasteiger partial charge in [0, 0.05) is 5.75 Å². The van der Waals surface area contributed by atoms with Gasteiger partial charge in [0.2, 0.25) is 0 Å². The minimum absolute atomic E-state index is 0.317. The molecule has 3 rings (SSSR count). The van der Waals surface area contributed by atoms with Crippen LogP contribution in [0.3, 0.4) is 0 Å². The molecule has 0 amide bonds. The van der Waals surface area contributed by atoms with Crippen molar-refractivity contribution in [1.29, 1.82) is 0 Å². The van der Waals surface area contributed by atoms with Crippen LogP contribution in [-0.4, -0.2) is 19.9 Å². The second-order valence-corrected chi connectivity index (χ2v) is 6.28. The quantitative estimate of drug-likeness (QED) is 0.580. The Morgan fingerprint density at radius 2 is 1.30 bits per heavy atom. The summed E-state index contributed by atoms with van der Waals surface area (Å²) < 4.78 is 0. The number of aromatic nitrogens is 4. The summed E-state index contributed by atoms with van der Waals surface area (Å²) in [5.41, 5.74) is 1.27. The number of hydrogen-bond acceptors (Lipinski definition) is 5. The molecule has 0 fully saturated rings. The summed E-state index contributed by atoms with van der Waals surface area (Å²) in [4.78, 5) is 15.4. The molecule has 8 heteroatoms. The molecule has 2 aromatic heterocycles. The molecule has 0 unspecified atom stereocenters. The van der Waals surface area contributed by atoms with E-state index in [-0.39, 0.29) is 0 Å². The molecule has 0 aliphatic rings. The fraction of sp³-hybridized carbons (Fsp3) is 0.0667. The van der Waals surface area contributed by atoms with Crippen LogP contribution in [0, 0.1) is 0 Å². The van der Waals surface area contributed by atoms with Crippen molar-refractivity contribution in [2.75, 3.05) is 0 Å². The number of thioether (sulfide) groups is 1. The van der Waals surface area contributed by atoms with E-state index in [1.165, 1.54) is 24.2 Å². The lowest BCUT2D eigenvalue weighted by Crippen LogP contribution is -1.85. The van der Waals surface area contributed by atoms with Crippen molar-refractivity contribution in [2.24, 2.45) is 0 Å². The van der Waals surface area contributed by atoms with Crippen LogP contribution >= 0.6 is 46.6 Å². The van der Waals surface area contributed by atoms with E-state index < -0.39 is 0 Å². The topological polar surface area (TPSA) is 51.6 Å². The summed E-state index contributed by atoms with van der Waals surface area (Å²) >= 11 is 18.1. The maximum Gasteiger partial charge on any atom is 0.149 e. The van der Waals surface area contributed by atoms with E-state index in [9.17, 15) is 0 Å². The van der Waals surface area contributed by atoms with Crippen molar-refractivity contribution in [3.63, 3.8) is 0 Å². The van der Waals surface area contributed by atoms with E-state index in [4.69, 9.17) is 34.8 Å². The molecule has 0 aliphatic carbocycles. The Hall–Kier alpha value is -1.40. The summed E-state index contributed by atoms with van der Waals surface area (Å²) in [6, 6.07) is 10.2. The summed E-state index contributed by atoms with van der Waals surface area (Å²) in [5.74, 6) is 0.885. The third-order valence-corrected chi connectivity index (χ3v) is 3.90. The minimum atomic E-state index is 0.317. The van der Waals surface area contributed by atoms with E-state index in [1.807, 2.05) is 18.2 Å². The van der Waals surface area contributed by atoms with Crippen molar-refractivity contribution in [1.82, 2.24) is 19.9 Å². The molecule has 23 heavy (non-hydrogen) atoms. The standard InChI is InChI=1S/C11H9ClN2S.C4H2Cl2N2/c12-10-6-13-7-11(14-10)15-8-9-4-2-1-3-5-9;5-3-1-7-2-4(6)8-3/h1-7H,8H2;1-2H. The van der Waals surface area contributed by atoms with Gasteiger partial charge in [-0.25, -0.2) is 9.97 Å². The molecule has 0 saturated heterocycles. The summed E-state index contributed by atoms with van der Waals surface area (Å²) in [5, 5.41) is 1.93. The van der Waals surface area contributed by atoms with Gasteiger partial charge in [-0.3, -0.25) is 9.97 Å². The number of nitrogens with zero attached hydrogens (tertiary/aromatic N) is 4. The first-order chi connectivity index (χ1) is 11.1. The minimum Gasteiger partial charge on any atom is -0.259 e. The highest BCUT2D eigenvalue weighted by Gasteiger charge is 1.98. The van der Waals surface area contributed by atoms with Gasteiger partial charge in [-0.15, -0.1) is 11.8 Å². The Morgan fingerprint density at radius 3 is 1.83 bits per heavy atom. The third kappa shape index (κ3) is 7.14. The fourth-order valence-electron chi connectivity index (χ4n) is 1.45. The van der Waals surface area contributed by atoms with Crippen LogP contribution in [0.2, 0.25) is 15.5 Å². The summed E-state index contributed by atoms with van der Waals surface area (Å²) in [7, 11) is 0. The SMILES string of the molecule is Clc1cncc(Cl)n1.Clc1cncc(SCc2ccccc2)n1. The Kier molecular flexibility index (Phi) is 7.55. The lowest BCUT2D eigenvalue weighted by molar-refractivity contribution is 1.05. The maximum atomic E-state index is 5.74. The van der Waals surface area contributed by atoms with Crippen molar-refractivity contribution in [3.8, 4) is 0 Å². The van der Waals surface area contributed by atoms with E-state index in [0.29, 0.717) is 15.5 Å². The van der Waals surface area contributed by atoms with Gasteiger partial charge < -0.3 is 0 Å². The zero-order valence-corrected chi connectivity index (χ0v) is 14.8. The molecule has 2 heterocycles. The monoisotopic (exact) mass is 384 g/mol. The Labute approximate surface area is 153 Å². The molecule has 1 aromatic carbocycles. The average molecular weight is 386 g/mol. The van der Waals surface area contributed by atoms with Crippen LogP contribution in [-0.2, 0) is 5.75 Å². The van der Waals surface area contributed by atoms with Gasteiger partial charge in [-0.05, 0) is 5.56 Å². The van der Waals surface area contributed by atoms with Gasteiger partial charge in [0.15, 0.2) is 0 Å². The predicted molar refractivity (Wildman–Crippen MR) is 95.1 cm³/mol.